The third-order valence-electron chi connectivity index (χ3n) is 4.44. The molecule has 1 aliphatic rings. The van der Waals surface area contributed by atoms with Gasteiger partial charge in [0.2, 0.25) is 0 Å². The van der Waals surface area contributed by atoms with Gasteiger partial charge in [-0.05, 0) is 40.0 Å². The van der Waals surface area contributed by atoms with Crippen molar-refractivity contribution in [3.05, 3.63) is 0 Å². The Balaban J connectivity index is 2.15. The van der Waals surface area contributed by atoms with E-state index in [1.165, 1.54) is 64.5 Å². The predicted molar refractivity (Wildman–Crippen MR) is 93.6 cm³/mol. The van der Waals surface area contributed by atoms with Gasteiger partial charge < -0.3 is 19.3 Å². The number of hydrogen-bond acceptors (Lipinski definition) is 4. The molecule has 0 unspecified atom stereocenters. The highest BCUT2D eigenvalue weighted by Crippen LogP contribution is 2.09. The quantitative estimate of drug-likeness (QED) is 0.686. The fourth-order valence-electron chi connectivity index (χ4n) is 2.81. The van der Waals surface area contributed by atoms with Gasteiger partial charge in [-0.3, -0.25) is 0 Å². The number of ether oxygens (including phenoxy) is 2. The topological polar surface area (TPSA) is 24.9 Å². The van der Waals surface area contributed by atoms with E-state index in [1.54, 1.807) is 0 Å². The van der Waals surface area contributed by atoms with E-state index in [2.05, 4.69) is 23.9 Å². The van der Waals surface area contributed by atoms with Gasteiger partial charge in [-0.25, -0.2) is 0 Å². The first kappa shape index (κ1) is 19.9. The van der Waals surface area contributed by atoms with Crippen molar-refractivity contribution in [3.63, 3.8) is 0 Å². The molecule has 0 aromatic carbocycles. The lowest BCUT2D eigenvalue weighted by atomic mass is 10.1. The molecule has 0 saturated carbocycles. The van der Waals surface area contributed by atoms with Crippen molar-refractivity contribution < 1.29 is 9.47 Å². The van der Waals surface area contributed by atoms with Crippen molar-refractivity contribution in [3.8, 4) is 0 Å². The van der Waals surface area contributed by atoms with E-state index in [4.69, 9.17) is 9.47 Å². The summed E-state index contributed by atoms with van der Waals surface area (Å²) in [5, 5.41) is 0. The molecule has 132 valence electrons. The minimum atomic E-state index is 0.720. The van der Waals surface area contributed by atoms with Crippen LogP contribution in [0.3, 0.4) is 0 Å². The van der Waals surface area contributed by atoms with Crippen LogP contribution in [-0.2, 0) is 9.47 Å². The SMILES string of the molecule is CN1CCCCCCCCCCN(C)CCOCCOCC1. The largest absolute Gasteiger partial charge is 0.378 e. The Morgan fingerprint density at radius 2 is 0.818 bits per heavy atom. The van der Waals surface area contributed by atoms with Crippen molar-refractivity contribution in [1.82, 2.24) is 9.80 Å². The summed E-state index contributed by atoms with van der Waals surface area (Å²) in [4.78, 5) is 4.77. The van der Waals surface area contributed by atoms with E-state index in [-0.39, 0.29) is 0 Å². The summed E-state index contributed by atoms with van der Waals surface area (Å²) >= 11 is 0. The highest BCUT2D eigenvalue weighted by molar-refractivity contribution is 4.55. The standard InChI is InChI=1S/C18H38N2O2/c1-19-11-9-7-5-3-4-6-8-10-12-20(2)14-16-22-18-17-21-15-13-19/h3-18H2,1-2H3. The number of likely N-dealkylation sites (N-methyl/N-ethyl adjacent to an activating group) is 2. The van der Waals surface area contributed by atoms with Gasteiger partial charge in [0.25, 0.3) is 0 Å². The molecule has 0 spiro atoms. The van der Waals surface area contributed by atoms with Crippen molar-refractivity contribution >= 4 is 0 Å². The molecule has 1 fully saturated rings. The lowest BCUT2D eigenvalue weighted by molar-refractivity contribution is 0.0348. The van der Waals surface area contributed by atoms with Crippen LogP contribution in [0.15, 0.2) is 0 Å². The van der Waals surface area contributed by atoms with E-state index < -0.39 is 0 Å². The molecule has 22 heavy (non-hydrogen) atoms. The Kier molecular flexibility index (Phi) is 13.0. The second-order valence-electron chi connectivity index (χ2n) is 6.66. The third-order valence-corrected chi connectivity index (χ3v) is 4.44. The monoisotopic (exact) mass is 314 g/mol. The van der Waals surface area contributed by atoms with Crippen molar-refractivity contribution in [2.24, 2.45) is 0 Å². The average molecular weight is 315 g/mol. The fourth-order valence-corrected chi connectivity index (χ4v) is 2.81. The molecule has 0 bridgehead atoms. The minimum Gasteiger partial charge on any atom is -0.378 e. The van der Waals surface area contributed by atoms with Crippen molar-refractivity contribution in [2.75, 3.05) is 66.7 Å². The summed E-state index contributed by atoms with van der Waals surface area (Å²) in [6.45, 7) is 7.54. The lowest BCUT2D eigenvalue weighted by Gasteiger charge is -2.18. The van der Waals surface area contributed by atoms with Crippen LogP contribution >= 0.6 is 0 Å². The zero-order chi connectivity index (χ0) is 15.9. The van der Waals surface area contributed by atoms with E-state index in [0.717, 1.165) is 39.5 Å². The summed E-state index contributed by atoms with van der Waals surface area (Å²) in [7, 11) is 4.39. The van der Waals surface area contributed by atoms with E-state index in [0.29, 0.717) is 0 Å². The molecule has 0 aliphatic carbocycles. The summed E-state index contributed by atoms with van der Waals surface area (Å²) in [5.41, 5.74) is 0. The van der Waals surface area contributed by atoms with Gasteiger partial charge in [0.15, 0.2) is 0 Å². The number of rotatable bonds is 0. The summed E-state index contributed by atoms with van der Waals surface area (Å²) in [6.07, 6.45) is 11.0. The smallest absolute Gasteiger partial charge is 0.0701 e. The maximum Gasteiger partial charge on any atom is 0.0701 e. The fraction of sp³-hybridized carbons (Fsp3) is 1.00. The summed E-state index contributed by atoms with van der Waals surface area (Å²) in [6, 6.07) is 0. The molecule has 0 aromatic rings. The Morgan fingerprint density at radius 1 is 0.455 bits per heavy atom. The van der Waals surface area contributed by atoms with Crippen LogP contribution in [0.5, 0.6) is 0 Å². The van der Waals surface area contributed by atoms with Crippen LogP contribution in [0.2, 0.25) is 0 Å². The molecule has 4 heteroatoms. The van der Waals surface area contributed by atoms with Gasteiger partial charge in [-0.2, -0.15) is 0 Å². The van der Waals surface area contributed by atoms with Crippen LogP contribution < -0.4 is 0 Å². The van der Waals surface area contributed by atoms with Gasteiger partial charge >= 0.3 is 0 Å². The molecule has 4 nitrogen and oxygen atoms in total. The Bertz CT molecular complexity index is 215. The third kappa shape index (κ3) is 12.4. The first-order valence-electron chi connectivity index (χ1n) is 9.31. The van der Waals surface area contributed by atoms with E-state index in [9.17, 15) is 0 Å². The zero-order valence-corrected chi connectivity index (χ0v) is 15.0. The zero-order valence-electron chi connectivity index (χ0n) is 15.0. The van der Waals surface area contributed by atoms with Gasteiger partial charge in [-0.1, -0.05) is 38.5 Å². The molecular formula is C18H38N2O2. The molecule has 1 aliphatic heterocycles. The molecule has 0 N–H and O–H groups in total. The van der Waals surface area contributed by atoms with Crippen LogP contribution in [0.4, 0.5) is 0 Å². The first-order valence-corrected chi connectivity index (χ1v) is 9.31. The second kappa shape index (κ2) is 14.4. The maximum atomic E-state index is 5.63. The Morgan fingerprint density at radius 3 is 1.23 bits per heavy atom. The molecule has 0 aromatic heterocycles. The molecule has 0 amide bonds. The van der Waals surface area contributed by atoms with Crippen LogP contribution in [-0.4, -0.2) is 76.5 Å². The van der Waals surface area contributed by atoms with Crippen LogP contribution in [0.1, 0.15) is 51.4 Å². The first-order chi connectivity index (χ1) is 10.8. The van der Waals surface area contributed by atoms with Gasteiger partial charge in [0.05, 0.1) is 26.4 Å². The molecular weight excluding hydrogens is 276 g/mol. The molecule has 1 rings (SSSR count). The Labute approximate surface area is 138 Å². The molecule has 0 radical (unpaired) electrons. The molecule has 1 saturated heterocycles. The van der Waals surface area contributed by atoms with E-state index >= 15 is 0 Å². The highest BCUT2D eigenvalue weighted by atomic mass is 16.5. The number of hydrogen-bond donors (Lipinski definition) is 0. The predicted octanol–water partition coefficient (Wildman–Crippen LogP) is 3.02. The second-order valence-corrected chi connectivity index (χ2v) is 6.66. The van der Waals surface area contributed by atoms with Crippen molar-refractivity contribution in [1.29, 1.82) is 0 Å². The van der Waals surface area contributed by atoms with E-state index in [1.807, 2.05) is 0 Å². The molecule has 0 atom stereocenters. The minimum absolute atomic E-state index is 0.720. The van der Waals surface area contributed by atoms with Gasteiger partial charge in [0.1, 0.15) is 0 Å². The van der Waals surface area contributed by atoms with Crippen LogP contribution in [0, 0.1) is 0 Å². The van der Waals surface area contributed by atoms with Crippen molar-refractivity contribution in [2.45, 2.75) is 51.4 Å². The number of nitrogens with zero attached hydrogens (tertiary/aromatic N) is 2. The lowest BCUT2D eigenvalue weighted by Crippen LogP contribution is -2.26. The molecule has 1 heterocycles. The highest BCUT2D eigenvalue weighted by Gasteiger charge is 2.01. The normalized spacial score (nSPS) is 24.8. The Hall–Kier alpha value is -0.160. The van der Waals surface area contributed by atoms with Gasteiger partial charge in [-0.15, -0.1) is 0 Å². The van der Waals surface area contributed by atoms with Gasteiger partial charge in [0, 0.05) is 13.1 Å². The average Bonchev–Trinajstić information content (AvgIpc) is 2.50. The van der Waals surface area contributed by atoms with Crippen LogP contribution in [0.25, 0.3) is 0 Å². The summed E-state index contributed by atoms with van der Waals surface area (Å²) < 4.78 is 11.3. The summed E-state index contributed by atoms with van der Waals surface area (Å²) in [5.74, 6) is 0. The maximum absolute atomic E-state index is 5.63.